The number of likely N-dealkylation sites (tertiary alicyclic amines) is 1. The van der Waals surface area contributed by atoms with Crippen LogP contribution in [0, 0.1) is 0 Å². The third-order valence-electron chi connectivity index (χ3n) is 6.28. The summed E-state index contributed by atoms with van der Waals surface area (Å²) in [5.74, 6) is 0.0812. The molecule has 0 aliphatic carbocycles. The Morgan fingerprint density at radius 3 is 2.62 bits per heavy atom. The van der Waals surface area contributed by atoms with E-state index >= 15 is 0 Å². The van der Waals surface area contributed by atoms with Gasteiger partial charge in [-0.15, -0.1) is 0 Å². The van der Waals surface area contributed by atoms with Crippen molar-refractivity contribution in [2.75, 3.05) is 60.5 Å². The molecule has 1 atom stereocenters. The summed E-state index contributed by atoms with van der Waals surface area (Å²) >= 11 is 12.5. The highest BCUT2D eigenvalue weighted by Crippen LogP contribution is 2.30. The highest BCUT2D eigenvalue weighted by molar-refractivity contribution is 6.42. The molecule has 2 fully saturated rings. The number of halogens is 2. The Morgan fingerprint density at radius 1 is 1.25 bits per heavy atom. The van der Waals surface area contributed by atoms with Crippen LogP contribution in [0.4, 0.5) is 4.79 Å². The monoisotopic (exact) mass is 483 g/mol. The van der Waals surface area contributed by atoms with Crippen molar-refractivity contribution in [2.45, 2.75) is 37.6 Å². The van der Waals surface area contributed by atoms with Gasteiger partial charge in [0.15, 0.2) is 0 Å². The molecule has 2 amide bonds. The van der Waals surface area contributed by atoms with E-state index in [1.807, 2.05) is 37.2 Å². The van der Waals surface area contributed by atoms with Gasteiger partial charge in [0.1, 0.15) is 7.11 Å². The zero-order chi connectivity index (χ0) is 23.1. The number of rotatable bonds is 9. The Balaban J connectivity index is 1.65. The van der Waals surface area contributed by atoms with E-state index in [0.29, 0.717) is 22.6 Å². The van der Waals surface area contributed by atoms with Crippen molar-refractivity contribution in [1.29, 1.82) is 0 Å². The zero-order valence-corrected chi connectivity index (χ0v) is 20.8. The second-order valence-corrected chi connectivity index (χ2v) is 9.68. The van der Waals surface area contributed by atoms with E-state index in [-0.39, 0.29) is 11.9 Å². The van der Waals surface area contributed by atoms with Crippen molar-refractivity contribution in [3.05, 3.63) is 33.8 Å². The van der Waals surface area contributed by atoms with Gasteiger partial charge < -0.3 is 24.9 Å². The van der Waals surface area contributed by atoms with Gasteiger partial charge in [-0.2, -0.15) is 0 Å². The summed E-state index contributed by atoms with van der Waals surface area (Å²) in [5, 5.41) is 8.44. The van der Waals surface area contributed by atoms with Gasteiger partial charge in [0.05, 0.1) is 15.8 Å². The number of piperidine rings is 1. The number of hydrogen-bond acceptors (Lipinski definition) is 5. The molecule has 32 heavy (non-hydrogen) atoms. The molecule has 2 saturated heterocycles. The lowest BCUT2D eigenvalue weighted by Crippen LogP contribution is -2.54. The first-order valence-corrected chi connectivity index (χ1v) is 12.1. The number of nitrogens with zero attached hydrogens (tertiary/aromatic N) is 4. The molecule has 0 spiro atoms. The lowest BCUT2D eigenvalue weighted by atomic mass is 9.90. The summed E-state index contributed by atoms with van der Waals surface area (Å²) in [6, 6.07) is 6.26. The average molecular weight is 484 g/mol. The van der Waals surface area contributed by atoms with Gasteiger partial charge in [0, 0.05) is 44.7 Å². The van der Waals surface area contributed by atoms with Crippen molar-refractivity contribution in [3.63, 3.8) is 0 Å². The van der Waals surface area contributed by atoms with E-state index in [9.17, 15) is 4.79 Å². The molecule has 1 aromatic rings. The molecule has 2 heterocycles. The number of oxime groups is 1. The molecule has 0 radical (unpaired) electrons. The molecule has 2 aliphatic heterocycles. The molecule has 1 N–H and O–H groups in total. The lowest BCUT2D eigenvalue weighted by Gasteiger charge is -2.40. The molecule has 9 heteroatoms. The van der Waals surface area contributed by atoms with Crippen LogP contribution in [0.1, 0.15) is 37.2 Å². The Kier molecular flexibility index (Phi) is 9.46. The predicted octanol–water partition coefficient (Wildman–Crippen LogP) is 3.91. The van der Waals surface area contributed by atoms with Gasteiger partial charge in [0.2, 0.25) is 0 Å². The van der Waals surface area contributed by atoms with E-state index in [1.54, 1.807) is 7.11 Å². The molecule has 7 nitrogen and oxygen atoms in total. The van der Waals surface area contributed by atoms with Gasteiger partial charge >= 0.3 is 6.03 Å². The van der Waals surface area contributed by atoms with Gasteiger partial charge in [-0.25, -0.2) is 4.79 Å². The third-order valence-corrected chi connectivity index (χ3v) is 7.02. The maximum Gasteiger partial charge on any atom is 0.317 e. The van der Waals surface area contributed by atoms with Gasteiger partial charge in [-0.05, 0) is 64.0 Å². The second-order valence-electron chi connectivity index (χ2n) is 8.87. The van der Waals surface area contributed by atoms with Crippen molar-refractivity contribution in [1.82, 2.24) is 20.0 Å². The molecule has 178 valence electrons. The molecule has 0 aromatic heterocycles. The summed E-state index contributed by atoms with van der Waals surface area (Å²) < 4.78 is 0. The quantitative estimate of drug-likeness (QED) is 0.427. The minimum atomic E-state index is 0.0812. The minimum absolute atomic E-state index is 0.0812. The SMILES string of the molecule is CO/N=C(\CN(C)C)[C@H](CCN1CCC(N2CCCNC2=O)CC1)c1ccc(Cl)c(Cl)c1. The third kappa shape index (κ3) is 6.73. The number of amides is 2. The standard InChI is InChI=1S/C23H35Cl2N5O2/c1-28(2)16-22(27-32-3)19(17-5-6-20(24)21(25)15-17)9-14-29-12-7-18(8-13-29)30-11-4-10-26-23(30)31/h5-6,15,18-19H,4,7-14,16H2,1-3H3,(H,26,31)/b27-22+/t19-/m1/s1. The fraction of sp³-hybridized carbons (Fsp3) is 0.652. The highest BCUT2D eigenvalue weighted by Gasteiger charge is 2.30. The number of hydrogen-bond donors (Lipinski definition) is 1. The normalized spacial score (nSPS) is 19.9. The van der Waals surface area contributed by atoms with Crippen LogP contribution < -0.4 is 5.32 Å². The molecular formula is C23H35Cl2N5O2. The predicted molar refractivity (Wildman–Crippen MR) is 131 cm³/mol. The summed E-state index contributed by atoms with van der Waals surface area (Å²) in [4.78, 5) is 24.0. The van der Waals surface area contributed by atoms with Crippen LogP contribution in [0.2, 0.25) is 10.0 Å². The van der Waals surface area contributed by atoms with E-state index in [0.717, 1.165) is 69.7 Å². The molecule has 2 aliphatic rings. The fourth-order valence-corrected chi connectivity index (χ4v) is 4.97. The number of benzene rings is 1. The molecule has 1 aromatic carbocycles. The van der Waals surface area contributed by atoms with E-state index in [2.05, 4.69) is 20.3 Å². The first kappa shape index (κ1) is 25.1. The Bertz CT molecular complexity index is 797. The average Bonchev–Trinajstić information content (AvgIpc) is 2.77. The Labute approximate surface area is 201 Å². The summed E-state index contributed by atoms with van der Waals surface area (Å²) in [7, 11) is 5.64. The summed E-state index contributed by atoms with van der Waals surface area (Å²) in [6.45, 7) is 5.30. The smallest absolute Gasteiger partial charge is 0.317 e. The number of urea groups is 1. The first-order chi connectivity index (χ1) is 15.4. The van der Waals surface area contributed by atoms with Gasteiger partial charge in [0.25, 0.3) is 0 Å². The van der Waals surface area contributed by atoms with E-state index < -0.39 is 0 Å². The van der Waals surface area contributed by atoms with Crippen LogP contribution in [0.15, 0.2) is 23.4 Å². The van der Waals surface area contributed by atoms with E-state index in [4.69, 9.17) is 28.0 Å². The number of nitrogens with one attached hydrogen (secondary N) is 1. The molecule has 0 bridgehead atoms. The van der Waals surface area contributed by atoms with Gasteiger partial charge in [-0.3, -0.25) is 0 Å². The van der Waals surface area contributed by atoms with Crippen LogP contribution in [-0.2, 0) is 4.84 Å². The summed E-state index contributed by atoms with van der Waals surface area (Å²) in [6.07, 6.45) is 3.97. The van der Waals surface area contributed by atoms with Crippen LogP contribution in [0.3, 0.4) is 0 Å². The number of carbonyl (C=O) groups excluding carboxylic acids is 1. The largest absolute Gasteiger partial charge is 0.399 e. The van der Waals surface area contributed by atoms with Crippen molar-refractivity contribution in [3.8, 4) is 0 Å². The molecular weight excluding hydrogens is 449 g/mol. The lowest BCUT2D eigenvalue weighted by molar-refractivity contribution is 0.111. The maximum atomic E-state index is 12.2. The number of carbonyl (C=O) groups is 1. The molecule has 0 saturated carbocycles. The first-order valence-electron chi connectivity index (χ1n) is 11.4. The fourth-order valence-electron chi connectivity index (χ4n) is 4.66. The van der Waals surface area contributed by atoms with Crippen LogP contribution >= 0.6 is 23.2 Å². The van der Waals surface area contributed by atoms with Crippen molar-refractivity contribution >= 4 is 34.9 Å². The summed E-state index contributed by atoms with van der Waals surface area (Å²) in [5.41, 5.74) is 2.06. The molecule has 3 rings (SSSR count). The molecule has 0 unspecified atom stereocenters. The topological polar surface area (TPSA) is 60.4 Å². The van der Waals surface area contributed by atoms with Crippen LogP contribution in [0.5, 0.6) is 0 Å². The highest BCUT2D eigenvalue weighted by atomic mass is 35.5. The van der Waals surface area contributed by atoms with Crippen molar-refractivity contribution in [2.24, 2.45) is 5.16 Å². The van der Waals surface area contributed by atoms with Crippen LogP contribution in [0.25, 0.3) is 0 Å². The Hall–Kier alpha value is -1.54. The second kappa shape index (κ2) is 12.1. The maximum absolute atomic E-state index is 12.2. The minimum Gasteiger partial charge on any atom is -0.399 e. The van der Waals surface area contributed by atoms with Gasteiger partial charge in [-0.1, -0.05) is 34.4 Å². The van der Waals surface area contributed by atoms with Crippen LogP contribution in [-0.4, -0.2) is 93.0 Å². The van der Waals surface area contributed by atoms with E-state index in [1.165, 1.54) is 0 Å². The zero-order valence-electron chi connectivity index (χ0n) is 19.3. The Morgan fingerprint density at radius 2 is 2.00 bits per heavy atom. The van der Waals surface area contributed by atoms with Crippen molar-refractivity contribution < 1.29 is 9.63 Å².